The standard InChI is InChI=1S/C19H20O2.C16H22O2.3C2H6.I2/c1-11-7-6-8-12(2)16(11)19(21)18-14(4)10-9-13(3)17(18)15(5)20;1-7-16(5,6)15(18)14-11(3)9-8-10(2)13(14)12(4)17;4*1-2/h6-10H,1-5H3;8-9H,7H2,1-6H3;3*1-2H3;. The van der Waals surface area contributed by atoms with Crippen LogP contribution in [0.2, 0.25) is 0 Å². The summed E-state index contributed by atoms with van der Waals surface area (Å²) in [5, 5.41) is 0. The third-order valence-electron chi connectivity index (χ3n) is 7.61. The van der Waals surface area contributed by atoms with Gasteiger partial charge in [0.25, 0.3) is 0 Å². The molecule has 0 saturated heterocycles. The molecule has 0 aliphatic heterocycles. The first kappa shape index (κ1) is 49.2. The van der Waals surface area contributed by atoms with Gasteiger partial charge in [-0.1, -0.05) is 105 Å². The summed E-state index contributed by atoms with van der Waals surface area (Å²) in [6.07, 6.45) is 0.760. The minimum absolute atomic E-state index is 0.0357. The van der Waals surface area contributed by atoms with Crippen LogP contribution in [0.25, 0.3) is 0 Å². The second kappa shape index (κ2) is 24.9. The molecule has 262 valence electrons. The van der Waals surface area contributed by atoms with Crippen molar-refractivity contribution < 1.29 is 19.2 Å². The van der Waals surface area contributed by atoms with Crippen LogP contribution >= 0.6 is 37.2 Å². The molecular weight excluding hydrogens is 810 g/mol. The molecule has 0 unspecified atom stereocenters. The second-order valence-corrected chi connectivity index (χ2v) is 11.2. The van der Waals surface area contributed by atoms with Crippen LogP contribution in [0.4, 0.5) is 0 Å². The molecule has 0 spiro atoms. The number of benzene rings is 3. The molecule has 3 aromatic rings. The van der Waals surface area contributed by atoms with Crippen LogP contribution in [-0.2, 0) is 0 Å². The van der Waals surface area contributed by atoms with E-state index in [1.54, 1.807) is 0 Å². The van der Waals surface area contributed by atoms with Gasteiger partial charge >= 0.3 is 0 Å². The normalized spacial score (nSPS) is 9.60. The van der Waals surface area contributed by atoms with E-state index in [4.69, 9.17) is 0 Å². The molecule has 0 atom stereocenters. The van der Waals surface area contributed by atoms with Crippen LogP contribution in [-0.4, -0.2) is 23.1 Å². The van der Waals surface area contributed by atoms with E-state index in [0.29, 0.717) is 27.8 Å². The van der Waals surface area contributed by atoms with Gasteiger partial charge in [0.15, 0.2) is 23.1 Å². The fraction of sp³-hybridized carbons (Fsp3) is 0.463. The Morgan fingerprint density at radius 1 is 0.511 bits per heavy atom. The lowest BCUT2D eigenvalue weighted by Gasteiger charge is -2.24. The van der Waals surface area contributed by atoms with Gasteiger partial charge < -0.3 is 0 Å². The Hall–Kier alpha value is -2.20. The number of carbonyl (C=O) groups is 4. The Labute approximate surface area is 310 Å². The highest BCUT2D eigenvalue weighted by Crippen LogP contribution is 2.31. The molecule has 0 bridgehead atoms. The van der Waals surface area contributed by atoms with Crippen LogP contribution in [0.15, 0.2) is 42.5 Å². The van der Waals surface area contributed by atoms with E-state index in [1.165, 1.54) is 13.8 Å². The molecule has 0 heterocycles. The summed E-state index contributed by atoms with van der Waals surface area (Å²) in [7, 11) is 0. The molecule has 0 aliphatic carbocycles. The highest BCUT2D eigenvalue weighted by atomic mass is 128. The lowest BCUT2D eigenvalue weighted by atomic mass is 9.78. The van der Waals surface area contributed by atoms with Crippen molar-refractivity contribution in [2.45, 2.75) is 124 Å². The van der Waals surface area contributed by atoms with Crippen LogP contribution in [0.1, 0.15) is 163 Å². The molecule has 0 aliphatic rings. The van der Waals surface area contributed by atoms with E-state index in [-0.39, 0.29) is 23.1 Å². The molecule has 0 amide bonds. The number of halogens is 2. The molecule has 0 N–H and O–H groups in total. The fourth-order valence-electron chi connectivity index (χ4n) is 4.91. The average molecular weight is 871 g/mol. The molecular formula is C41H60I2O4. The summed E-state index contributed by atoms with van der Waals surface area (Å²) in [6, 6.07) is 13.4. The third-order valence-corrected chi connectivity index (χ3v) is 7.61. The Morgan fingerprint density at radius 3 is 1.11 bits per heavy atom. The molecule has 3 rings (SSSR count). The summed E-state index contributed by atoms with van der Waals surface area (Å²) < 4.78 is 0. The summed E-state index contributed by atoms with van der Waals surface area (Å²) in [6.45, 7) is 32.3. The largest absolute Gasteiger partial charge is 0.294 e. The molecule has 6 heteroatoms. The van der Waals surface area contributed by atoms with Crippen molar-refractivity contribution in [2.24, 2.45) is 5.41 Å². The number of Topliss-reactive ketones (excluding diaryl/α,β-unsaturated/α-hetero) is 3. The summed E-state index contributed by atoms with van der Waals surface area (Å²) in [4.78, 5) is 49.5. The average Bonchev–Trinajstić information content (AvgIpc) is 3.06. The van der Waals surface area contributed by atoms with Crippen LogP contribution < -0.4 is 0 Å². The second-order valence-electron chi connectivity index (χ2n) is 11.2. The van der Waals surface area contributed by atoms with Crippen LogP contribution in [0.5, 0.6) is 0 Å². The highest BCUT2D eigenvalue weighted by Gasteiger charge is 2.31. The minimum Gasteiger partial charge on any atom is -0.294 e. The molecule has 47 heavy (non-hydrogen) atoms. The Bertz CT molecular complexity index is 1450. The summed E-state index contributed by atoms with van der Waals surface area (Å²) in [5.74, 6) is -0.0920. The van der Waals surface area contributed by atoms with E-state index in [9.17, 15) is 19.2 Å². The quantitative estimate of drug-likeness (QED) is 0.175. The van der Waals surface area contributed by atoms with Crippen molar-refractivity contribution in [2.75, 3.05) is 0 Å². The zero-order valence-corrected chi connectivity index (χ0v) is 36.5. The van der Waals surface area contributed by atoms with Gasteiger partial charge in [-0.15, -0.1) is 0 Å². The van der Waals surface area contributed by atoms with Gasteiger partial charge in [-0.05, 0) is 95.2 Å². The molecule has 0 aromatic heterocycles. The number of rotatable bonds is 7. The summed E-state index contributed by atoms with van der Waals surface area (Å²) in [5.41, 5.74) is 7.89. The number of aryl methyl sites for hydroxylation is 6. The molecule has 0 radical (unpaired) electrons. The number of hydrogen-bond acceptors (Lipinski definition) is 4. The fourth-order valence-corrected chi connectivity index (χ4v) is 4.91. The van der Waals surface area contributed by atoms with Crippen molar-refractivity contribution in [3.05, 3.63) is 104 Å². The van der Waals surface area contributed by atoms with E-state index >= 15 is 0 Å². The lowest BCUT2D eigenvalue weighted by Crippen LogP contribution is -2.26. The van der Waals surface area contributed by atoms with E-state index in [0.717, 1.165) is 39.8 Å². The number of carbonyl (C=O) groups excluding carboxylic acids is 4. The van der Waals surface area contributed by atoms with E-state index in [2.05, 4.69) is 37.2 Å². The Morgan fingerprint density at radius 2 is 0.787 bits per heavy atom. The smallest absolute Gasteiger partial charge is 0.194 e. The van der Waals surface area contributed by atoms with Crippen molar-refractivity contribution in [1.82, 2.24) is 0 Å². The van der Waals surface area contributed by atoms with Crippen molar-refractivity contribution in [1.29, 1.82) is 0 Å². The zero-order valence-electron chi connectivity index (χ0n) is 32.1. The van der Waals surface area contributed by atoms with Gasteiger partial charge in [-0.3, -0.25) is 19.2 Å². The lowest BCUT2D eigenvalue weighted by molar-refractivity contribution is 0.0825. The molecule has 3 aromatic carbocycles. The minimum atomic E-state index is -0.428. The van der Waals surface area contributed by atoms with Gasteiger partial charge in [0.1, 0.15) is 0 Å². The van der Waals surface area contributed by atoms with Gasteiger partial charge in [-0.2, -0.15) is 0 Å². The van der Waals surface area contributed by atoms with Crippen molar-refractivity contribution in [3.63, 3.8) is 0 Å². The van der Waals surface area contributed by atoms with Gasteiger partial charge in [-0.25, -0.2) is 0 Å². The van der Waals surface area contributed by atoms with Gasteiger partial charge in [0.05, 0.1) is 0 Å². The van der Waals surface area contributed by atoms with Crippen LogP contribution in [0.3, 0.4) is 0 Å². The predicted molar refractivity (Wildman–Crippen MR) is 222 cm³/mol. The number of ketones is 4. The zero-order chi connectivity index (χ0) is 37.8. The topological polar surface area (TPSA) is 68.3 Å². The monoisotopic (exact) mass is 870 g/mol. The highest BCUT2D eigenvalue weighted by molar-refractivity contribution is 15.0. The third kappa shape index (κ3) is 13.7. The molecule has 4 nitrogen and oxygen atoms in total. The Balaban J connectivity index is -0.000000685. The maximum atomic E-state index is 13.0. The maximum absolute atomic E-state index is 13.0. The Kier molecular flexibility index (Phi) is 26.0. The SMILES string of the molecule is CC.CC.CC.CC(=O)c1c(C)ccc(C)c1C(=O)c1c(C)cccc1C.CCC(C)(C)C(=O)c1c(C)ccc(C)c1C(C)=O.II. The van der Waals surface area contributed by atoms with Gasteiger partial charge in [0, 0.05) is 70.5 Å². The predicted octanol–water partition coefficient (Wildman–Crippen LogP) is 13.3. The molecule has 0 fully saturated rings. The number of hydrogen-bond donors (Lipinski definition) is 0. The first-order valence-electron chi connectivity index (χ1n) is 16.6. The first-order chi connectivity index (χ1) is 22.1. The molecule has 0 saturated carbocycles. The first-order valence-corrected chi connectivity index (χ1v) is 22.9. The van der Waals surface area contributed by atoms with Crippen molar-refractivity contribution >= 4 is 60.4 Å². The van der Waals surface area contributed by atoms with Gasteiger partial charge in [0.2, 0.25) is 0 Å². The maximum Gasteiger partial charge on any atom is 0.194 e. The van der Waals surface area contributed by atoms with Crippen LogP contribution in [0, 0.1) is 47.0 Å². The summed E-state index contributed by atoms with van der Waals surface area (Å²) >= 11 is 4.24. The van der Waals surface area contributed by atoms with E-state index in [1.807, 2.05) is 146 Å². The van der Waals surface area contributed by atoms with E-state index < -0.39 is 5.41 Å². The van der Waals surface area contributed by atoms with Crippen molar-refractivity contribution in [3.8, 4) is 0 Å².